The molecule has 0 bridgehead atoms. The van der Waals surface area contributed by atoms with Gasteiger partial charge >= 0.3 is 0 Å². The van der Waals surface area contributed by atoms with E-state index in [2.05, 4.69) is 58.2 Å². The van der Waals surface area contributed by atoms with Crippen molar-refractivity contribution >= 4 is 28.7 Å². The van der Waals surface area contributed by atoms with Gasteiger partial charge in [0, 0.05) is 23.6 Å². The molecule has 1 aliphatic carbocycles. The van der Waals surface area contributed by atoms with Gasteiger partial charge in [-0.15, -0.1) is 0 Å². The second-order valence-corrected chi connectivity index (χ2v) is 10.4. The number of thioether (sulfide) groups is 1. The number of aromatic nitrogens is 3. The fourth-order valence-electron chi connectivity index (χ4n) is 4.68. The first kappa shape index (κ1) is 23.6. The van der Waals surface area contributed by atoms with Crippen molar-refractivity contribution in [1.82, 2.24) is 19.9 Å². The fourth-order valence-corrected chi connectivity index (χ4v) is 5.65. The monoisotopic (exact) mass is 484 g/mol. The number of amides is 1. The zero-order valence-corrected chi connectivity index (χ0v) is 21.1. The summed E-state index contributed by atoms with van der Waals surface area (Å²) in [5, 5.41) is 4.21. The van der Waals surface area contributed by atoms with Crippen molar-refractivity contribution in [3.8, 4) is 0 Å². The van der Waals surface area contributed by atoms with Crippen LogP contribution >= 0.6 is 11.8 Å². The quantitative estimate of drug-likeness (QED) is 0.239. The van der Waals surface area contributed by atoms with Gasteiger partial charge in [-0.05, 0) is 49.1 Å². The number of carbonyl (C=O) groups is 1. The maximum Gasteiger partial charge on any atom is 0.251 e. The van der Waals surface area contributed by atoms with E-state index in [9.17, 15) is 4.79 Å². The molecule has 2 heterocycles. The average Bonchev–Trinajstić information content (AvgIpc) is 3.02. The molecule has 6 heteroatoms. The zero-order valence-electron chi connectivity index (χ0n) is 20.2. The van der Waals surface area contributed by atoms with Crippen LogP contribution < -0.4 is 5.32 Å². The number of fused-ring (bicyclic) bond motifs is 1. The standard InChI is InChI=1S/C29H32N4OS/c1-21-8-10-22(11-9-21)19-33-27-18-30-17-16-26(27)32-29(33)35-20-23-12-14-24(15-13-23)28(34)31-25-6-4-2-3-5-7-25/h8-18,25H,2-7,19-20H2,1H3,(H,31,34). The summed E-state index contributed by atoms with van der Waals surface area (Å²) in [6, 6.07) is 18.9. The summed E-state index contributed by atoms with van der Waals surface area (Å²) < 4.78 is 2.24. The van der Waals surface area contributed by atoms with E-state index in [0.717, 1.165) is 46.9 Å². The number of pyridine rings is 1. The van der Waals surface area contributed by atoms with Gasteiger partial charge in [0.2, 0.25) is 0 Å². The summed E-state index contributed by atoms with van der Waals surface area (Å²) >= 11 is 1.72. The van der Waals surface area contributed by atoms with E-state index in [-0.39, 0.29) is 5.91 Å². The van der Waals surface area contributed by atoms with Gasteiger partial charge < -0.3 is 9.88 Å². The van der Waals surface area contributed by atoms with E-state index in [0.29, 0.717) is 6.04 Å². The summed E-state index contributed by atoms with van der Waals surface area (Å²) in [5.74, 6) is 0.832. The highest BCUT2D eigenvalue weighted by molar-refractivity contribution is 7.98. The lowest BCUT2D eigenvalue weighted by atomic mass is 10.1. The highest BCUT2D eigenvalue weighted by atomic mass is 32.2. The van der Waals surface area contributed by atoms with Crippen molar-refractivity contribution in [3.63, 3.8) is 0 Å². The summed E-state index contributed by atoms with van der Waals surface area (Å²) in [6.07, 6.45) is 10.9. The predicted molar refractivity (Wildman–Crippen MR) is 143 cm³/mol. The Labute approximate surface area is 211 Å². The minimum Gasteiger partial charge on any atom is -0.349 e. The Hall–Kier alpha value is -3.12. The van der Waals surface area contributed by atoms with E-state index in [4.69, 9.17) is 4.98 Å². The van der Waals surface area contributed by atoms with Crippen LogP contribution in [0.5, 0.6) is 0 Å². The Kier molecular flexibility index (Phi) is 7.48. The van der Waals surface area contributed by atoms with E-state index in [1.807, 2.05) is 24.4 Å². The van der Waals surface area contributed by atoms with Crippen molar-refractivity contribution in [2.45, 2.75) is 68.9 Å². The third-order valence-corrected chi connectivity index (χ3v) is 7.80. The fraction of sp³-hybridized carbons (Fsp3) is 0.345. The molecule has 0 spiro atoms. The number of benzene rings is 2. The van der Waals surface area contributed by atoms with Gasteiger partial charge in [0.1, 0.15) is 0 Å². The molecule has 1 N–H and O–H groups in total. The van der Waals surface area contributed by atoms with Gasteiger partial charge in [-0.1, -0.05) is 79.4 Å². The molecule has 4 aromatic rings. The molecule has 1 aliphatic rings. The van der Waals surface area contributed by atoms with E-state index < -0.39 is 0 Å². The van der Waals surface area contributed by atoms with Crippen LogP contribution in [0.3, 0.4) is 0 Å². The zero-order chi connectivity index (χ0) is 24.0. The molecule has 5 rings (SSSR count). The molecule has 5 nitrogen and oxygen atoms in total. The molecule has 1 amide bonds. The van der Waals surface area contributed by atoms with Crippen molar-refractivity contribution in [3.05, 3.63) is 89.2 Å². The molecular weight excluding hydrogens is 452 g/mol. The van der Waals surface area contributed by atoms with Crippen LogP contribution in [0.2, 0.25) is 0 Å². The van der Waals surface area contributed by atoms with Gasteiger partial charge in [-0.3, -0.25) is 9.78 Å². The molecule has 0 unspecified atom stereocenters. The molecule has 180 valence electrons. The molecule has 2 aromatic heterocycles. The molecule has 0 aliphatic heterocycles. The van der Waals surface area contributed by atoms with Crippen molar-refractivity contribution in [1.29, 1.82) is 0 Å². The SMILES string of the molecule is Cc1ccc(Cn2c(SCc3ccc(C(=O)NC4CCCCCC4)cc3)nc3ccncc32)cc1. The second kappa shape index (κ2) is 11.1. The number of nitrogens with zero attached hydrogens (tertiary/aromatic N) is 3. The minimum atomic E-state index is 0.0449. The van der Waals surface area contributed by atoms with Crippen LogP contribution in [0, 0.1) is 6.92 Å². The smallest absolute Gasteiger partial charge is 0.251 e. The Bertz CT molecular complexity index is 1270. The van der Waals surface area contributed by atoms with E-state index in [1.165, 1.54) is 42.4 Å². The van der Waals surface area contributed by atoms with Crippen LogP contribution in [-0.4, -0.2) is 26.5 Å². The highest BCUT2D eigenvalue weighted by Crippen LogP contribution is 2.28. The van der Waals surface area contributed by atoms with Crippen molar-refractivity contribution in [2.24, 2.45) is 0 Å². The lowest BCUT2D eigenvalue weighted by Gasteiger charge is -2.16. The number of nitrogens with one attached hydrogen (secondary N) is 1. The number of carbonyl (C=O) groups excluding carboxylic acids is 1. The first-order chi connectivity index (χ1) is 17.2. The van der Waals surface area contributed by atoms with Gasteiger partial charge in [-0.25, -0.2) is 4.98 Å². The van der Waals surface area contributed by atoms with E-state index >= 15 is 0 Å². The molecule has 2 aromatic carbocycles. The van der Waals surface area contributed by atoms with Gasteiger partial charge in [0.25, 0.3) is 5.91 Å². The Morgan fingerprint density at radius 3 is 2.43 bits per heavy atom. The van der Waals surface area contributed by atoms with Crippen LogP contribution in [0.4, 0.5) is 0 Å². The molecule has 0 saturated heterocycles. The predicted octanol–water partition coefficient (Wildman–Crippen LogP) is 6.53. The first-order valence-electron chi connectivity index (χ1n) is 12.5. The van der Waals surface area contributed by atoms with Gasteiger partial charge in [-0.2, -0.15) is 0 Å². The number of rotatable bonds is 7. The highest BCUT2D eigenvalue weighted by Gasteiger charge is 2.16. The second-order valence-electron chi connectivity index (χ2n) is 9.48. The Balaban J connectivity index is 1.27. The maximum atomic E-state index is 12.7. The third kappa shape index (κ3) is 5.93. The van der Waals surface area contributed by atoms with Crippen LogP contribution in [0.15, 0.2) is 72.1 Å². The normalized spacial score (nSPS) is 14.7. The number of hydrogen-bond donors (Lipinski definition) is 1. The third-order valence-electron chi connectivity index (χ3n) is 6.75. The van der Waals surface area contributed by atoms with Gasteiger partial charge in [0.15, 0.2) is 5.16 Å². The first-order valence-corrected chi connectivity index (χ1v) is 13.5. The van der Waals surface area contributed by atoms with E-state index in [1.54, 1.807) is 18.0 Å². The molecule has 1 saturated carbocycles. The molecule has 0 radical (unpaired) electrons. The van der Waals surface area contributed by atoms with Crippen LogP contribution in [0.1, 0.15) is 65.6 Å². The lowest BCUT2D eigenvalue weighted by Crippen LogP contribution is -2.34. The van der Waals surface area contributed by atoms with Crippen molar-refractivity contribution < 1.29 is 4.79 Å². The number of aryl methyl sites for hydroxylation is 1. The summed E-state index contributed by atoms with van der Waals surface area (Å²) in [7, 11) is 0. The van der Waals surface area contributed by atoms with Crippen molar-refractivity contribution in [2.75, 3.05) is 0 Å². The number of imidazole rings is 1. The Morgan fingerprint density at radius 1 is 0.971 bits per heavy atom. The van der Waals surface area contributed by atoms with Crippen LogP contribution in [0.25, 0.3) is 11.0 Å². The molecule has 35 heavy (non-hydrogen) atoms. The molecule has 0 atom stereocenters. The summed E-state index contributed by atoms with van der Waals surface area (Å²) in [6.45, 7) is 2.86. The molecule has 1 fully saturated rings. The molecular formula is C29H32N4OS. The minimum absolute atomic E-state index is 0.0449. The average molecular weight is 485 g/mol. The lowest BCUT2D eigenvalue weighted by molar-refractivity contribution is 0.0933. The topological polar surface area (TPSA) is 59.8 Å². The maximum absolute atomic E-state index is 12.7. The summed E-state index contributed by atoms with van der Waals surface area (Å²) in [5.41, 5.74) is 6.41. The van der Waals surface area contributed by atoms with Crippen LogP contribution in [-0.2, 0) is 12.3 Å². The Morgan fingerprint density at radius 2 is 1.69 bits per heavy atom. The number of hydrogen-bond acceptors (Lipinski definition) is 4. The largest absolute Gasteiger partial charge is 0.349 e. The summed E-state index contributed by atoms with van der Waals surface area (Å²) in [4.78, 5) is 21.9. The van der Waals surface area contributed by atoms with Gasteiger partial charge in [0.05, 0.1) is 23.8 Å².